The summed E-state index contributed by atoms with van der Waals surface area (Å²) in [5, 5.41) is 15.7. The number of thioether (sulfide) groups is 1. The fourth-order valence-corrected chi connectivity index (χ4v) is 2.87. The Hall–Kier alpha value is -1.88. The standard InChI is InChI=1S/C14H17N3OS/c1-3-16-14-12(9(2)8-19-14)13(15)17-10-6-4-5-7-11(10)18/h3,5,7-8,17-18H,1,4,6,15H2,2H3/b13-12+,16-14+. The Kier molecular flexibility index (Phi) is 4.16. The maximum atomic E-state index is 9.78. The Morgan fingerprint density at radius 1 is 1.63 bits per heavy atom. The summed E-state index contributed by atoms with van der Waals surface area (Å²) in [6.07, 6.45) is 6.77. The van der Waals surface area contributed by atoms with E-state index >= 15 is 0 Å². The minimum atomic E-state index is 0.240. The summed E-state index contributed by atoms with van der Waals surface area (Å²) in [4.78, 5) is 4.21. The molecule has 19 heavy (non-hydrogen) atoms. The lowest BCUT2D eigenvalue weighted by Gasteiger charge is -2.16. The lowest BCUT2D eigenvalue weighted by molar-refractivity contribution is 0.413. The molecule has 1 heterocycles. The van der Waals surface area contributed by atoms with Crippen LogP contribution in [0.4, 0.5) is 0 Å². The van der Waals surface area contributed by atoms with Crippen LogP contribution in [-0.4, -0.2) is 10.2 Å². The van der Waals surface area contributed by atoms with Gasteiger partial charge in [0.2, 0.25) is 0 Å². The van der Waals surface area contributed by atoms with E-state index in [1.54, 1.807) is 6.08 Å². The van der Waals surface area contributed by atoms with E-state index in [1.807, 2.05) is 18.4 Å². The van der Waals surface area contributed by atoms with Gasteiger partial charge in [-0.3, -0.25) is 0 Å². The highest BCUT2D eigenvalue weighted by Gasteiger charge is 2.20. The summed E-state index contributed by atoms with van der Waals surface area (Å²) in [7, 11) is 0. The maximum absolute atomic E-state index is 9.78. The van der Waals surface area contributed by atoms with E-state index in [0.29, 0.717) is 5.82 Å². The second-order valence-electron chi connectivity index (χ2n) is 4.25. The van der Waals surface area contributed by atoms with Crippen molar-refractivity contribution in [2.75, 3.05) is 0 Å². The summed E-state index contributed by atoms with van der Waals surface area (Å²) in [5.74, 6) is 0.750. The molecule has 0 atom stereocenters. The van der Waals surface area contributed by atoms with Crippen LogP contribution in [0.3, 0.4) is 0 Å². The van der Waals surface area contributed by atoms with Crippen LogP contribution < -0.4 is 11.1 Å². The number of aliphatic imine (C=N–C) groups is 1. The lowest BCUT2D eigenvalue weighted by Crippen LogP contribution is -2.25. The molecule has 0 saturated heterocycles. The van der Waals surface area contributed by atoms with Crippen LogP contribution in [0.5, 0.6) is 0 Å². The molecule has 1 aliphatic heterocycles. The average Bonchev–Trinajstić information content (AvgIpc) is 2.74. The Balaban J connectivity index is 2.30. The van der Waals surface area contributed by atoms with Gasteiger partial charge in [0.25, 0.3) is 0 Å². The summed E-state index contributed by atoms with van der Waals surface area (Å²) in [5.41, 5.74) is 8.79. The van der Waals surface area contributed by atoms with Gasteiger partial charge < -0.3 is 16.2 Å². The Morgan fingerprint density at radius 3 is 3.11 bits per heavy atom. The van der Waals surface area contributed by atoms with Crippen molar-refractivity contribution in [3.05, 3.63) is 58.8 Å². The van der Waals surface area contributed by atoms with Gasteiger partial charge in [-0.2, -0.15) is 0 Å². The highest BCUT2D eigenvalue weighted by Crippen LogP contribution is 2.31. The van der Waals surface area contributed by atoms with Crippen LogP contribution in [0, 0.1) is 0 Å². The molecule has 0 aromatic heterocycles. The number of rotatable bonds is 3. The van der Waals surface area contributed by atoms with Gasteiger partial charge >= 0.3 is 0 Å². The van der Waals surface area contributed by atoms with Crippen LogP contribution in [0.15, 0.2) is 63.8 Å². The first-order valence-electron chi connectivity index (χ1n) is 6.01. The molecular weight excluding hydrogens is 258 g/mol. The van der Waals surface area contributed by atoms with Crippen LogP contribution in [0.2, 0.25) is 0 Å². The molecule has 0 amide bonds. The zero-order valence-electron chi connectivity index (χ0n) is 10.8. The molecule has 0 unspecified atom stereocenters. The molecule has 4 N–H and O–H groups in total. The number of aliphatic hydroxyl groups excluding tert-OH is 1. The molecule has 0 saturated carbocycles. The van der Waals surface area contributed by atoms with Gasteiger partial charge in [-0.1, -0.05) is 24.4 Å². The fourth-order valence-electron chi connectivity index (χ4n) is 1.94. The second-order valence-corrected chi connectivity index (χ2v) is 5.11. The topological polar surface area (TPSA) is 70.6 Å². The number of nitrogens with zero attached hydrogens (tertiary/aromatic N) is 1. The Labute approximate surface area is 117 Å². The Bertz CT molecular complexity index is 553. The normalized spacial score (nSPS) is 23.6. The van der Waals surface area contributed by atoms with Crippen molar-refractivity contribution in [3.8, 4) is 0 Å². The van der Waals surface area contributed by atoms with E-state index in [4.69, 9.17) is 5.73 Å². The van der Waals surface area contributed by atoms with Gasteiger partial charge in [0.05, 0.1) is 11.3 Å². The minimum absolute atomic E-state index is 0.240. The Morgan fingerprint density at radius 2 is 2.42 bits per heavy atom. The first-order valence-corrected chi connectivity index (χ1v) is 6.89. The number of nitrogens with two attached hydrogens (primary N) is 1. The van der Waals surface area contributed by atoms with Gasteiger partial charge in [-0.25, -0.2) is 4.99 Å². The molecule has 2 rings (SSSR count). The van der Waals surface area contributed by atoms with Crippen molar-refractivity contribution >= 4 is 16.8 Å². The maximum Gasteiger partial charge on any atom is 0.134 e. The van der Waals surface area contributed by atoms with Crippen molar-refractivity contribution in [2.24, 2.45) is 10.7 Å². The van der Waals surface area contributed by atoms with Crippen molar-refractivity contribution in [2.45, 2.75) is 19.8 Å². The third-order valence-corrected chi connectivity index (χ3v) is 3.87. The van der Waals surface area contributed by atoms with Crippen LogP contribution in [-0.2, 0) is 0 Å². The van der Waals surface area contributed by atoms with Gasteiger partial charge in [0, 0.05) is 6.20 Å². The van der Waals surface area contributed by atoms with Crippen molar-refractivity contribution < 1.29 is 5.11 Å². The highest BCUT2D eigenvalue weighted by atomic mass is 32.2. The van der Waals surface area contributed by atoms with Crippen LogP contribution in [0.25, 0.3) is 0 Å². The molecule has 4 nitrogen and oxygen atoms in total. The van der Waals surface area contributed by atoms with Gasteiger partial charge in [-0.15, -0.1) is 0 Å². The van der Waals surface area contributed by atoms with E-state index in [9.17, 15) is 5.11 Å². The largest absolute Gasteiger partial charge is 0.506 e. The molecule has 5 heteroatoms. The van der Waals surface area contributed by atoms with E-state index in [2.05, 4.69) is 16.9 Å². The van der Waals surface area contributed by atoms with Gasteiger partial charge in [0.15, 0.2) is 0 Å². The van der Waals surface area contributed by atoms with Crippen molar-refractivity contribution in [3.63, 3.8) is 0 Å². The number of nitrogens with one attached hydrogen (secondary N) is 1. The molecule has 0 bridgehead atoms. The van der Waals surface area contributed by atoms with Crippen LogP contribution in [0.1, 0.15) is 19.8 Å². The van der Waals surface area contributed by atoms with Gasteiger partial charge in [0.1, 0.15) is 16.6 Å². The third-order valence-electron chi connectivity index (χ3n) is 2.86. The minimum Gasteiger partial charge on any atom is -0.506 e. The number of hydrogen-bond donors (Lipinski definition) is 3. The molecule has 2 aliphatic rings. The molecule has 0 aromatic rings. The molecule has 100 valence electrons. The summed E-state index contributed by atoms with van der Waals surface area (Å²) in [6.45, 7) is 5.59. The quantitative estimate of drug-likeness (QED) is 0.740. The average molecular weight is 275 g/mol. The fraction of sp³-hybridized carbons (Fsp3) is 0.214. The lowest BCUT2D eigenvalue weighted by atomic mass is 10.1. The predicted octanol–water partition coefficient (Wildman–Crippen LogP) is 3.06. The second kappa shape index (κ2) is 5.84. The zero-order chi connectivity index (χ0) is 13.8. The van der Waals surface area contributed by atoms with Crippen molar-refractivity contribution in [1.29, 1.82) is 0 Å². The molecule has 0 radical (unpaired) electrons. The van der Waals surface area contributed by atoms with E-state index in [1.165, 1.54) is 18.0 Å². The van der Waals surface area contributed by atoms with Gasteiger partial charge in [-0.05, 0) is 36.8 Å². The molecule has 0 fully saturated rings. The molecule has 0 aromatic carbocycles. The number of allylic oxidation sites excluding steroid dienone is 4. The smallest absolute Gasteiger partial charge is 0.134 e. The monoisotopic (exact) mass is 275 g/mol. The van der Waals surface area contributed by atoms with Crippen molar-refractivity contribution in [1.82, 2.24) is 5.32 Å². The summed E-state index contributed by atoms with van der Waals surface area (Å²) >= 11 is 1.52. The van der Waals surface area contributed by atoms with E-state index in [-0.39, 0.29) is 5.76 Å². The summed E-state index contributed by atoms with van der Waals surface area (Å²) in [6, 6.07) is 0. The summed E-state index contributed by atoms with van der Waals surface area (Å²) < 4.78 is 0. The molecule has 0 spiro atoms. The highest BCUT2D eigenvalue weighted by molar-refractivity contribution is 8.17. The first-order chi connectivity index (χ1) is 9.13. The third kappa shape index (κ3) is 2.93. The first kappa shape index (κ1) is 13.5. The van der Waals surface area contributed by atoms with Crippen LogP contribution >= 0.6 is 11.8 Å². The predicted molar refractivity (Wildman–Crippen MR) is 81.4 cm³/mol. The zero-order valence-corrected chi connectivity index (χ0v) is 11.6. The van der Waals surface area contributed by atoms with E-state index in [0.717, 1.165) is 34.7 Å². The number of hydrogen-bond acceptors (Lipinski definition) is 5. The molecule has 1 aliphatic carbocycles. The van der Waals surface area contributed by atoms with E-state index < -0.39 is 0 Å². The number of aliphatic hydroxyl groups is 1. The SMILES string of the molecule is C=C/N=C1/SC=C(C)/C1=C(/N)NC1=C(O)C=CCC1. The molecular formula is C14H17N3OS.